The Morgan fingerprint density at radius 1 is 1.65 bits per heavy atom. The Balaban J connectivity index is 2.17. The van der Waals surface area contributed by atoms with Gasteiger partial charge in [0.1, 0.15) is 11.6 Å². The van der Waals surface area contributed by atoms with Crippen LogP contribution < -0.4 is 15.8 Å². The Morgan fingerprint density at radius 2 is 2.47 bits per heavy atom. The summed E-state index contributed by atoms with van der Waals surface area (Å²) in [5.41, 5.74) is -0.0680. The Bertz CT molecular complexity index is 429. The van der Waals surface area contributed by atoms with Crippen molar-refractivity contribution in [1.29, 1.82) is 0 Å². The maximum Gasteiger partial charge on any atom is 0.252 e. The zero-order valence-corrected chi connectivity index (χ0v) is 10.5. The molecule has 1 aromatic rings. The van der Waals surface area contributed by atoms with Gasteiger partial charge >= 0.3 is 0 Å². The number of aryl methyl sites for hydroxylation is 1. The molecule has 0 spiro atoms. The lowest BCUT2D eigenvalue weighted by Gasteiger charge is -2.25. The van der Waals surface area contributed by atoms with Crippen molar-refractivity contribution in [3.8, 4) is 0 Å². The van der Waals surface area contributed by atoms with Crippen LogP contribution in [-0.2, 0) is 0 Å². The van der Waals surface area contributed by atoms with Gasteiger partial charge in [-0.3, -0.25) is 4.79 Å². The Labute approximate surface area is 101 Å². The van der Waals surface area contributed by atoms with Crippen LogP contribution in [0.4, 0.5) is 5.82 Å². The number of nitrogens with zero attached hydrogens (tertiary/aromatic N) is 2. The zero-order valence-electron chi connectivity index (χ0n) is 10.5. The third-order valence-electron chi connectivity index (χ3n) is 3.15. The van der Waals surface area contributed by atoms with Crippen LogP contribution in [0.25, 0.3) is 0 Å². The van der Waals surface area contributed by atoms with Crippen LogP contribution in [0.5, 0.6) is 0 Å². The van der Waals surface area contributed by atoms with Gasteiger partial charge in [0.05, 0.1) is 0 Å². The predicted octanol–water partition coefficient (Wildman–Crippen LogP) is 0.657. The molecule has 0 bridgehead atoms. The van der Waals surface area contributed by atoms with E-state index < -0.39 is 0 Å². The molecule has 94 valence electrons. The van der Waals surface area contributed by atoms with Crippen LogP contribution in [0.1, 0.15) is 25.6 Å². The second kappa shape index (κ2) is 5.31. The monoisotopic (exact) mass is 236 g/mol. The van der Waals surface area contributed by atoms with Gasteiger partial charge < -0.3 is 15.2 Å². The second-order valence-corrected chi connectivity index (χ2v) is 4.49. The van der Waals surface area contributed by atoms with Gasteiger partial charge in [0.2, 0.25) is 0 Å². The maximum absolute atomic E-state index is 11.5. The summed E-state index contributed by atoms with van der Waals surface area (Å²) in [6, 6.07) is 2.06. The highest BCUT2D eigenvalue weighted by molar-refractivity contribution is 5.40. The van der Waals surface area contributed by atoms with Crippen molar-refractivity contribution in [1.82, 2.24) is 15.3 Å². The fourth-order valence-electron chi connectivity index (χ4n) is 2.37. The summed E-state index contributed by atoms with van der Waals surface area (Å²) in [5.74, 6) is 1.49. The SMILES string of the molecule is CCNCC1CCCN1c1cc(=O)[nH]c(C)n1. The largest absolute Gasteiger partial charge is 0.352 e. The van der Waals surface area contributed by atoms with Crippen LogP contribution in [0.2, 0.25) is 0 Å². The molecule has 2 rings (SSSR count). The highest BCUT2D eigenvalue weighted by atomic mass is 16.1. The number of aromatic nitrogens is 2. The molecule has 0 amide bonds. The van der Waals surface area contributed by atoms with E-state index in [0.29, 0.717) is 11.9 Å². The van der Waals surface area contributed by atoms with Gasteiger partial charge in [-0.1, -0.05) is 6.92 Å². The zero-order chi connectivity index (χ0) is 12.3. The van der Waals surface area contributed by atoms with Crippen molar-refractivity contribution in [2.24, 2.45) is 0 Å². The van der Waals surface area contributed by atoms with Gasteiger partial charge in [-0.25, -0.2) is 4.98 Å². The summed E-state index contributed by atoms with van der Waals surface area (Å²) in [5, 5.41) is 3.36. The third kappa shape index (κ3) is 2.85. The van der Waals surface area contributed by atoms with Crippen molar-refractivity contribution in [3.05, 3.63) is 22.2 Å². The highest BCUT2D eigenvalue weighted by Crippen LogP contribution is 2.22. The average Bonchev–Trinajstić information content (AvgIpc) is 2.73. The predicted molar refractivity (Wildman–Crippen MR) is 68.5 cm³/mol. The summed E-state index contributed by atoms with van der Waals surface area (Å²) in [7, 11) is 0. The molecule has 1 atom stereocenters. The van der Waals surface area contributed by atoms with Gasteiger partial charge in [0, 0.05) is 25.2 Å². The standard InChI is InChI=1S/C12H20N4O/c1-3-13-8-10-5-4-6-16(10)11-7-12(17)15-9(2)14-11/h7,10,13H,3-6,8H2,1-2H3,(H,14,15,17). The molecule has 0 radical (unpaired) electrons. The fourth-order valence-corrected chi connectivity index (χ4v) is 2.37. The van der Waals surface area contributed by atoms with E-state index >= 15 is 0 Å². The summed E-state index contributed by atoms with van der Waals surface area (Å²) in [4.78, 5) is 20.8. The molecule has 1 unspecified atom stereocenters. The molecule has 0 aliphatic carbocycles. The van der Waals surface area contributed by atoms with Crippen molar-refractivity contribution in [2.45, 2.75) is 32.7 Å². The number of rotatable bonds is 4. The molecule has 17 heavy (non-hydrogen) atoms. The smallest absolute Gasteiger partial charge is 0.252 e. The molecule has 5 heteroatoms. The normalized spacial score (nSPS) is 19.9. The minimum Gasteiger partial charge on any atom is -0.352 e. The van der Waals surface area contributed by atoms with Gasteiger partial charge in [0.15, 0.2) is 0 Å². The number of H-pyrrole nitrogens is 1. The lowest BCUT2D eigenvalue weighted by Crippen LogP contribution is -2.39. The summed E-state index contributed by atoms with van der Waals surface area (Å²) < 4.78 is 0. The van der Waals surface area contributed by atoms with Gasteiger partial charge in [-0.2, -0.15) is 0 Å². The van der Waals surface area contributed by atoms with E-state index in [1.807, 2.05) is 6.92 Å². The number of aromatic amines is 1. The molecular weight excluding hydrogens is 216 g/mol. The molecule has 5 nitrogen and oxygen atoms in total. The lowest BCUT2D eigenvalue weighted by molar-refractivity contribution is 0.584. The molecule has 1 aromatic heterocycles. The van der Waals surface area contributed by atoms with Crippen molar-refractivity contribution < 1.29 is 0 Å². The Morgan fingerprint density at radius 3 is 3.18 bits per heavy atom. The van der Waals surface area contributed by atoms with Gasteiger partial charge in [-0.15, -0.1) is 0 Å². The van der Waals surface area contributed by atoms with Crippen LogP contribution in [-0.4, -0.2) is 35.6 Å². The van der Waals surface area contributed by atoms with Crippen molar-refractivity contribution >= 4 is 5.82 Å². The molecule has 2 N–H and O–H groups in total. The van der Waals surface area contributed by atoms with Gasteiger partial charge in [-0.05, 0) is 26.3 Å². The first-order chi connectivity index (χ1) is 8.20. The number of anilines is 1. The summed E-state index contributed by atoms with van der Waals surface area (Å²) in [6.07, 6.45) is 2.34. The molecule has 0 aromatic carbocycles. The Hall–Kier alpha value is -1.36. The lowest BCUT2D eigenvalue weighted by atomic mass is 10.2. The summed E-state index contributed by atoms with van der Waals surface area (Å²) in [6.45, 7) is 6.86. The topological polar surface area (TPSA) is 61.0 Å². The number of nitrogens with one attached hydrogen (secondary N) is 2. The molecule has 1 fully saturated rings. The number of hydrogen-bond acceptors (Lipinski definition) is 4. The summed E-state index contributed by atoms with van der Waals surface area (Å²) >= 11 is 0. The molecule has 1 saturated heterocycles. The van der Waals surface area contributed by atoms with Crippen LogP contribution in [0.3, 0.4) is 0 Å². The minimum atomic E-state index is -0.0680. The second-order valence-electron chi connectivity index (χ2n) is 4.49. The van der Waals surface area contributed by atoms with E-state index in [1.54, 1.807) is 6.07 Å². The Kier molecular flexibility index (Phi) is 3.78. The van der Waals surface area contributed by atoms with Crippen molar-refractivity contribution in [2.75, 3.05) is 24.5 Å². The molecule has 0 saturated carbocycles. The molecular formula is C12H20N4O. The van der Waals surface area contributed by atoms with E-state index in [4.69, 9.17) is 0 Å². The first kappa shape index (κ1) is 12.1. The van der Waals surface area contributed by atoms with Crippen LogP contribution in [0, 0.1) is 6.92 Å². The molecule has 2 heterocycles. The fraction of sp³-hybridized carbons (Fsp3) is 0.667. The van der Waals surface area contributed by atoms with Crippen LogP contribution in [0.15, 0.2) is 10.9 Å². The first-order valence-electron chi connectivity index (χ1n) is 6.26. The third-order valence-corrected chi connectivity index (χ3v) is 3.15. The van der Waals surface area contributed by atoms with E-state index in [-0.39, 0.29) is 5.56 Å². The van der Waals surface area contributed by atoms with Crippen LogP contribution >= 0.6 is 0 Å². The molecule has 1 aliphatic heterocycles. The van der Waals surface area contributed by atoms with E-state index in [0.717, 1.165) is 25.5 Å². The van der Waals surface area contributed by atoms with E-state index in [1.165, 1.54) is 12.8 Å². The highest BCUT2D eigenvalue weighted by Gasteiger charge is 2.25. The minimum absolute atomic E-state index is 0.0680. The van der Waals surface area contributed by atoms with E-state index in [2.05, 4.69) is 27.1 Å². The maximum atomic E-state index is 11.5. The average molecular weight is 236 g/mol. The first-order valence-corrected chi connectivity index (χ1v) is 6.26. The van der Waals surface area contributed by atoms with Crippen molar-refractivity contribution in [3.63, 3.8) is 0 Å². The number of likely N-dealkylation sites (N-methyl/N-ethyl adjacent to an activating group) is 1. The molecule has 1 aliphatic rings. The van der Waals surface area contributed by atoms with E-state index in [9.17, 15) is 4.79 Å². The quantitative estimate of drug-likeness (QED) is 0.806. The number of hydrogen-bond donors (Lipinski definition) is 2. The van der Waals surface area contributed by atoms with Gasteiger partial charge in [0.25, 0.3) is 5.56 Å².